The highest BCUT2D eigenvalue weighted by atomic mass is 16.5. The molecule has 3 nitrogen and oxygen atoms in total. The molecule has 16 heavy (non-hydrogen) atoms. The van der Waals surface area contributed by atoms with Gasteiger partial charge in [0, 0.05) is 20.3 Å². The number of rotatable bonds is 9. The summed E-state index contributed by atoms with van der Waals surface area (Å²) in [5, 5.41) is 3.39. The Morgan fingerprint density at radius 1 is 1.31 bits per heavy atom. The fourth-order valence-electron chi connectivity index (χ4n) is 2.24. The van der Waals surface area contributed by atoms with Crippen LogP contribution >= 0.6 is 0 Å². The molecule has 0 saturated heterocycles. The molecule has 0 aromatic carbocycles. The molecule has 1 saturated carbocycles. The van der Waals surface area contributed by atoms with Gasteiger partial charge in [0.05, 0.1) is 12.7 Å². The van der Waals surface area contributed by atoms with Gasteiger partial charge in [0.2, 0.25) is 0 Å². The third-order valence-electron chi connectivity index (χ3n) is 3.19. The molecular formula is C13H27NO2. The second kappa shape index (κ2) is 8.97. The van der Waals surface area contributed by atoms with Gasteiger partial charge in [0.15, 0.2) is 0 Å². The van der Waals surface area contributed by atoms with E-state index in [2.05, 4.69) is 12.2 Å². The molecule has 1 fully saturated rings. The molecule has 0 amide bonds. The molecule has 1 aliphatic carbocycles. The van der Waals surface area contributed by atoms with Crippen LogP contribution < -0.4 is 5.32 Å². The predicted octanol–water partition coefficient (Wildman–Crippen LogP) is 2.21. The van der Waals surface area contributed by atoms with Crippen LogP contribution in [0.5, 0.6) is 0 Å². The monoisotopic (exact) mass is 229 g/mol. The van der Waals surface area contributed by atoms with Crippen LogP contribution in [0.25, 0.3) is 0 Å². The summed E-state index contributed by atoms with van der Waals surface area (Å²) in [6.45, 7) is 5.77. The van der Waals surface area contributed by atoms with Gasteiger partial charge in [0.25, 0.3) is 0 Å². The van der Waals surface area contributed by atoms with Gasteiger partial charge in [-0.25, -0.2) is 0 Å². The van der Waals surface area contributed by atoms with Crippen LogP contribution in [0, 0.1) is 5.92 Å². The van der Waals surface area contributed by atoms with Crippen molar-refractivity contribution in [2.45, 2.75) is 45.1 Å². The number of ether oxygens (including phenoxy) is 2. The topological polar surface area (TPSA) is 30.5 Å². The first-order valence-electron chi connectivity index (χ1n) is 6.68. The number of hydrogen-bond donors (Lipinski definition) is 1. The molecule has 0 heterocycles. The van der Waals surface area contributed by atoms with Gasteiger partial charge in [-0.05, 0) is 31.7 Å². The van der Waals surface area contributed by atoms with Crippen molar-refractivity contribution in [3.05, 3.63) is 0 Å². The third-order valence-corrected chi connectivity index (χ3v) is 3.19. The highest BCUT2D eigenvalue weighted by molar-refractivity contribution is 4.68. The number of nitrogens with one attached hydrogen (secondary N) is 1. The van der Waals surface area contributed by atoms with Crippen molar-refractivity contribution >= 4 is 0 Å². The predicted molar refractivity (Wildman–Crippen MR) is 66.7 cm³/mol. The second-order valence-corrected chi connectivity index (χ2v) is 4.77. The van der Waals surface area contributed by atoms with E-state index >= 15 is 0 Å². The Morgan fingerprint density at radius 3 is 2.69 bits per heavy atom. The molecule has 3 heteroatoms. The van der Waals surface area contributed by atoms with Gasteiger partial charge in [-0.2, -0.15) is 0 Å². The van der Waals surface area contributed by atoms with Crippen molar-refractivity contribution in [3.8, 4) is 0 Å². The maximum absolute atomic E-state index is 5.93. The first kappa shape index (κ1) is 13.9. The molecule has 0 spiro atoms. The van der Waals surface area contributed by atoms with E-state index in [1.54, 1.807) is 7.11 Å². The Hall–Kier alpha value is -0.120. The van der Waals surface area contributed by atoms with Crippen LogP contribution in [-0.4, -0.2) is 39.5 Å². The molecule has 0 radical (unpaired) electrons. The van der Waals surface area contributed by atoms with Gasteiger partial charge in [-0.15, -0.1) is 0 Å². The summed E-state index contributed by atoms with van der Waals surface area (Å²) in [5.41, 5.74) is 0. The lowest BCUT2D eigenvalue weighted by atomic mass is 10.1. The Morgan fingerprint density at radius 2 is 2.06 bits per heavy atom. The van der Waals surface area contributed by atoms with Crippen molar-refractivity contribution < 1.29 is 9.47 Å². The Kier molecular flexibility index (Phi) is 7.81. The molecule has 1 N–H and O–H groups in total. The lowest BCUT2D eigenvalue weighted by molar-refractivity contribution is -0.0150. The number of hydrogen-bond acceptors (Lipinski definition) is 3. The first-order chi connectivity index (χ1) is 7.86. The molecule has 1 rings (SSSR count). The van der Waals surface area contributed by atoms with Crippen LogP contribution in [0.15, 0.2) is 0 Å². The van der Waals surface area contributed by atoms with Crippen LogP contribution in [0.2, 0.25) is 0 Å². The fraction of sp³-hybridized carbons (Fsp3) is 1.00. The van der Waals surface area contributed by atoms with Crippen LogP contribution in [0.1, 0.15) is 39.0 Å². The summed E-state index contributed by atoms with van der Waals surface area (Å²) < 4.78 is 11.1. The van der Waals surface area contributed by atoms with Gasteiger partial charge < -0.3 is 14.8 Å². The van der Waals surface area contributed by atoms with Crippen molar-refractivity contribution in [2.75, 3.05) is 33.4 Å². The van der Waals surface area contributed by atoms with Crippen LogP contribution in [-0.2, 0) is 9.47 Å². The summed E-state index contributed by atoms with van der Waals surface area (Å²) in [7, 11) is 1.74. The van der Waals surface area contributed by atoms with E-state index in [1.165, 1.54) is 32.1 Å². The smallest absolute Gasteiger partial charge is 0.0932 e. The van der Waals surface area contributed by atoms with E-state index in [0.717, 1.165) is 25.6 Å². The lowest BCUT2D eigenvalue weighted by Crippen LogP contribution is -2.34. The Bertz CT molecular complexity index is 158. The Balaban J connectivity index is 2.10. The summed E-state index contributed by atoms with van der Waals surface area (Å²) in [4.78, 5) is 0. The molecular weight excluding hydrogens is 202 g/mol. The maximum Gasteiger partial charge on any atom is 0.0932 e. The minimum atomic E-state index is 0.220. The second-order valence-electron chi connectivity index (χ2n) is 4.77. The van der Waals surface area contributed by atoms with Gasteiger partial charge in [0.1, 0.15) is 0 Å². The number of methoxy groups -OCH3 is 1. The molecule has 1 aliphatic rings. The first-order valence-corrected chi connectivity index (χ1v) is 6.68. The van der Waals surface area contributed by atoms with Crippen molar-refractivity contribution in [1.29, 1.82) is 0 Å². The minimum absolute atomic E-state index is 0.220. The van der Waals surface area contributed by atoms with Gasteiger partial charge in [-0.3, -0.25) is 0 Å². The van der Waals surface area contributed by atoms with Crippen LogP contribution in [0.3, 0.4) is 0 Å². The van der Waals surface area contributed by atoms with Gasteiger partial charge in [-0.1, -0.05) is 19.8 Å². The molecule has 0 aliphatic heterocycles. The van der Waals surface area contributed by atoms with E-state index in [-0.39, 0.29) is 6.10 Å². The highest BCUT2D eigenvalue weighted by Gasteiger charge is 2.17. The average Bonchev–Trinajstić information content (AvgIpc) is 2.79. The molecule has 0 bridgehead atoms. The Labute approximate surface area is 99.9 Å². The molecule has 1 atom stereocenters. The van der Waals surface area contributed by atoms with E-state index in [4.69, 9.17) is 9.47 Å². The normalized spacial score (nSPS) is 19.1. The minimum Gasteiger partial charge on any atom is -0.382 e. The van der Waals surface area contributed by atoms with Crippen molar-refractivity contribution in [1.82, 2.24) is 5.32 Å². The zero-order chi connectivity index (χ0) is 11.6. The third kappa shape index (κ3) is 5.83. The van der Waals surface area contributed by atoms with Gasteiger partial charge >= 0.3 is 0 Å². The maximum atomic E-state index is 5.93. The average molecular weight is 229 g/mol. The van der Waals surface area contributed by atoms with Crippen LogP contribution in [0.4, 0.5) is 0 Å². The van der Waals surface area contributed by atoms with E-state index in [1.807, 2.05) is 0 Å². The molecule has 0 aromatic rings. The SMILES string of the molecule is CCCNCC(COC)OCC1CCCC1. The summed E-state index contributed by atoms with van der Waals surface area (Å²) in [5.74, 6) is 0.797. The van der Waals surface area contributed by atoms with Crippen molar-refractivity contribution in [3.63, 3.8) is 0 Å². The van der Waals surface area contributed by atoms with Crippen molar-refractivity contribution in [2.24, 2.45) is 5.92 Å². The quantitative estimate of drug-likeness (QED) is 0.615. The fourth-order valence-corrected chi connectivity index (χ4v) is 2.24. The van der Waals surface area contributed by atoms with E-state index in [9.17, 15) is 0 Å². The highest BCUT2D eigenvalue weighted by Crippen LogP contribution is 2.24. The molecule has 96 valence electrons. The lowest BCUT2D eigenvalue weighted by Gasteiger charge is -2.20. The largest absolute Gasteiger partial charge is 0.382 e. The summed E-state index contributed by atoms with van der Waals surface area (Å²) >= 11 is 0. The standard InChI is InChI=1S/C13H27NO2/c1-3-8-14-9-13(11-15-2)16-10-12-6-4-5-7-12/h12-14H,3-11H2,1-2H3. The summed E-state index contributed by atoms with van der Waals surface area (Å²) in [6, 6.07) is 0. The molecule has 1 unspecified atom stereocenters. The molecule has 0 aromatic heterocycles. The zero-order valence-corrected chi connectivity index (χ0v) is 10.8. The zero-order valence-electron chi connectivity index (χ0n) is 10.8. The van der Waals surface area contributed by atoms with E-state index < -0.39 is 0 Å². The van der Waals surface area contributed by atoms with E-state index in [0.29, 0.717) is 6.61 Å². The summed E-state index contributed by atoms with van der Waals surface area (Å²) in [6.07, 6.45) is 6.86.